The Morgan fingerprint density at radius 3 is 3.05 bits per heavy atom. The molecule has 4 heteroatoms. The van der Waals surface area contributed by atoms with Crippen LogP contribution in [-0.4, -0.2) is 28.4 Å². The molecule has 0 saturated carbocycles. The molecule has 2 aromatic rings. The first-order chi connectivity index (χ1) is 9.70. The van der Waals surface area contributed by atoms with E-state index in [1.165, 1.54) is 10.9 Å². The fourth-order valence-electron chi connectivity index (χ4n) is 2.81. The third-order valence-electron chi connectivity index (χ3n) is 4.10. The zero-order valence-electron chi connectivity index (χ0n) is 12.0. The van der Waals surface area contributed by atoms with E-state index in [1.807, 2.05) is 12.3 Å². The van der Waals surface area contributed by atoms with Crippen LogP contribution >= 0.6 is 0 Å². The number of guanidine groups is 1. The number of aliphatic imine (C=N–C) groups is 1. The molecule has 1 aromatic heterocycles. The molecule has 0 amide bonds. The Morgan fingerprint density at radius 1 is 1.40 bits per heavy atom. The number of hydrogen-bond donors (Lipinski definition) is 1. The van der Waals surface area contributed by atoms with Crippen LogP contribution in [0, 0.1) is 0 Å². The summed E-state index contributed by atoms with van der Waals surface area (Å²) in [6.07, 6.45) is 2.88. The quantitative estimate of drug-likeness (QED) is 0.931. The summed E-state index contributed by atoms with van der Waals surface area (Å²) < 4.78 is 0. The number of aromatic nitrogens is 1. The molecule has 0 aliphatic carbocycles. The fraction of sp³-hybridized carbons (Fsp3) is 0.375. The van der Waals surface area contributed by atoms with Crippen LogP contribution < -0.4 is 5.73 Å². The number of fused-ring (bicyclic) bond motifs is 1. The van der Waals surface area contributed by atoms with E-state index in [0.29, 0.717) is 12.0 Å². The van der Waals surface area contributed by atoms with E-state index in [1.54, 1.807) is 0 Å². The molecule has 104 valence electrons. The molecule has 1 aromatic carbocycles. The summed E-state index contributed by atoms with van der Waals surface area (Å²) in [7, 11) is 0. The maximum atomic E-state index is 6.06. The van der Waals surface area contributed by atoms with Crippen LogP contribution in [0.3, 0.4) is 0 Å². The number of pyridine rings is 1. The first kappa shape index (κ1) is 12.9. The van der Waals surface area contributed by atoms with Crippen LogP contribution in [0.4, 0.5) is 0 Å². The van der Waals surface area contributed by atoms with Crippen LogP contribution in [0.5, 0.6) is 0 Å². The Balaban J connectivity index is 1.98. The minimum absolute atomic E-state index is 0.245. The van der Waals surface area contributed by atoms with Crippen molar-refractivity contribution in [1.29, 1.82) is 0 Å². The Labute approximate surface area is 119 Å². The summed E-state index contributed by atoms with van der Waals surface area (Å²) in [5.41, 5.74) is 8.34. The molecule has 4 nitrogen and oxygen atoms in total. The highest BCUT2D eigenvalue weighted by molar-refractivity contribution is 5.82. The molecule has 20 heavy (non-hydrogen) atoms. The summed E-state index contributed by atoms with van der Waals surface area (Å²) in [4.78, 5) is 11.0. The largest absolute Gasteiger partial charge is 0.370 e. The van der Waals surface area contributed by atoms with Crippen molar-refractivity contribution in [3.63, 3.8) is 0 Å². The Bertz CT molecular complexity index is 650. The first-order valence-corrected chi connectivity index (χ1v) is 7.13. The van der Waals surface area contributed by atoms with Gasteiger partial charge < -0.3 is 10.6 Å². The molecule has 2 N–H and O–H groups in total. The van der Waals surface area contributed by atoms with E-state index >= 15 is 0 Å². The lowest BCUT2D eigenvalue weighted by molar-refractivity contribution is 0.268. The van der Waals surface area contributed by atoms with Gasteiger partial charge in [0.1, 0.15) is 0 Å². The molecule has 0 fully saturated rings. The molecule has 0 saturated heterocycles. The van der Waals surface area contributed by atoms with Gasteiger partial charge in [-0.25, -0.2) is 0 Å². The molecule has 0 bridgehead atoms. The number of nitrogens with zero attached hydrogens (tertiary/aromatic N) is 3. The Kier molecular flexibility index (Phi) is 3.30. The molecule has 0 spiro atoms. The van der Waals surface area contributed by atoms with E-state index in [-0.39, 0.29) is 6.04 Å². The van der Waals surface area contributed by atoms with Gasteiger partial charge in [-0.05, 0) is 37.1 Å². The molecular formula is C16H20N4. The topological polar surface area (TPSA) is 54.5 Å². The number of nitrogens with two attached hydrogens (primary N) is 1. The highest BCUT2D eigenvalue weighted by atomic mass is 15.3. The average molecular weight is 268 g/mol. The predicted octanol–water partition coefficient (Wildman–Crippen LogP) is 2.70. The van der Waals surface area contributed by atoms with Crippen molar-refractivity contribution in [3.05, 3.63) is 42.1 Å². The van der Waals surface area contributed by atoms with Crippen LogP contribution in [0.15, 0.2) is 41.5 Å². The van der Waals surface area contributed by atoms with E-state index in [9.17, 15) is 0 Å². The van der Waals surface area contributed by atoms with Crippen molar-refractivity contribution >= 4 is 16.9 Å². The van der Waals surface area contributed by atoms with Gasteiger partial charge >= 0.3 is 0 Å². The molecule has 1 aliphatic rings. The van der Waals surface area contributed by atoms with Crippen molar-refractivity contribution in [2.24, 2.45) is 10.7 Å². The van der Waals surface area contributed by atoms with Crippen LogP contribution in [0.1, 0.15) is 31.9 Å². The van der Waals surface area contributed by atoms with E-state index in [0.717, 1.165) is 18.5 Å². The second-order valence-electron chi connectivity index (χ2n) is 5.33. The second kappa shape index (κ2) is 5.12. The smallest absolute Gasteiger partial charge is 0.192 e. The van der Waals surface area contributed by atoms with Crippen LogP contribution in [0.25, 0.3) is 10.9 Å². The number of hydrogen-bond acceptors (Lipinski definition) is 4. The van der Waals surface area contributed by atoms with E-state index < -0.39 is 0 Å². The second-order valence-corrected chi connectivity index (χ2v) is 5.33. The monoisotopic (exact) mass is 268 g/mol. The first-order valence-electron chi connectivity index (χ1n) is 7.13. The van der Waals surface area contributed by atoms with Crippen molar-refractivity contribution in [2.45, 2.75) is 32.4 Å². The van der Waals surface area contributed by atoms with Crippen LogP contribution in [0.2, 0.25) is 0 Å². The maximum absolute atomic E-state index is 6.06. The SMILES string of the molecule is CCC(C)N1C(N)=NCC1c1ccc2ncccc2c1. The summed E-state index contributed by atoms with van der Waals surface area (Å²) in [6, 6.07) is 11.1. The standard InChI is InChI=1S/C16H20N4/c1-3-11(2)20-15(10-19-16(20)17)13-6-7-14-12(9-13)5-4-8-18-14/h4-9,11,15H,3,10H2,1-2H3,(H2,17,19). The Morgan fingerprint density at radius 2 is 2.25 bits per heavy atom. The van der Waals surface area contributed by atoms with Crippen LogP contribution in [-0.2, 0) is 0 Å². The van der Waals surface area contributed by atoms with Gasteiger partial charge in [0.2, 0.25) is 0 Å². The van der Waals surface area contributed by atoms with Crippen molar-refractivity contribution in [2.75, 3.05) is 6.54 Å². The van der Waals surface area contributed by atoms with Crippen molar-refractivity contribution in [3.8, 4) is 0 Å². The Hall–Kier alpha value is -2.10. The van der Waals surface area contributed by atoms with Crippen molar-refractivity contribution < 1.29 is 0 Å². The van der Waals surface area contributed by atoms with E-state index in [4.69, 9.17) is 5.73 Å². The molecular weight excluding hydrogens is 248 g/mol. The van der Waals surface area contributed by atoms with Crippen molar-refractivity contribution in [1.82, 2.24) is 9.88 Å². The minimum Gasteiger partial charge on any atom is -0.370 e. The number of rotatable bonds is 3. The van der Waals surface area contributed by atoms with Gasteiger partial charge in [-0.15, -0.1) is 0 Å². The van der Waals surface area contributed by atoms with Gasteiger partial charge in [0, 0.05) is 17.6 Å². The summed E-state index contributed by atoms with van der Waals surface area (Å²) in [5, 5.41) is 1.17. The van der Waals surface area contributed by atoms with Gasteiger partial charge in [-0.1, -0.05) is 19.1 Å². The highest BCUT2D eigenvalue weighted by Gasteiger charge is 2.30. The zero-order chi connectivity index (χ0) is 14.1. The molecule has 2 atom stereocenters. The lowest BCUT2D eigenvalue weighted by Gasteiger charge is -2.32. The highest BCUT2D eigenvalue weighted by Crippen LogP contribution is 2.30. The molecule has 1 aliphatic heterocycles. The molecule has 0 radical (unpaired) electrons. The molecule has 2 heterocycles. The zero-order valence-corrected chi connectivity index (χ0v) is 12.0. The predicted molar refractivity (Wildman–Crippen MR) is 82.6 cm³/mol. The van der Waals surface area contributed by atoms with Gasteiger partial charge in [0.15, 0.2) is 5.96 Å². The summed E-state index contributed by atoms with van der Waals surface area (Å²) in [5.74, 6) is 0.663. The fourth-order valence-corrected chi connectivity index (χ4v) is 2.81. The van der Waals surface area contributed by atoms with Gasteiger partial charge in [-0.2, -0.15) is 0 Å². The third kappa shape index (κ3) is 2.11. The van der Waals surface area contributed by atoms with E-state index in [2.05, 4.69) is 53.0 Å². The maximum Gasteiger partial charge on any atom is 0.192 e. The molecule has 3 rings (SSSR count). The van der Waals surface area contributed by atoms with Gasteiger partial charge in [0.25, 0.3) is 0 Å². The minimum atomic E-state index is 0.245. The average Bonchev–Trinajstić information content (AvgIpc) is 2.87. The van der Waals surface area contributed by atoms with Gasteiger partial charge in [-0.3, -0.25) is 9.98 Å². The summed E-state index contributed by atoms with van der Waals surface area (Å²) >= 11 is 0. The normalized spacial score (nSPS) is 20.2. The lowest BCUT2D eigenvalue weighted by Crippen LogP contribution is -2.42. The lowest BCUT2D eigenvalue weighted by atomic mass is 10.0. The third-order valence-corrected chi connectivity index (χ3v) is 4.10. The molecule has 2 unspecified atom stereocenters. The number of benzene rings is 1. The van der Waals surface area contributed by atoms with Gasteiger partial charge in [0.05, 0.1) is 18.1 Å². The summed E-state index contributed by atoms with van der Waals surface area (Å²) in [6.45, 7) is 5.11.